The summed E-state index contributed by atoms with van der Waals surface area (Å²) < 4.78 is 6.15. The van der Waals surface area contributed by atoms with Crippen LogP contribution in [-0.2, 0) is 0 Å². The van der Waals surface area contributed by atoms with Gasteiger partial charge in [0.15, 0.2) is 0 Å². The third kappa shape index (κ3) is 3.43. The largest absolute Gasteiger partial charge is 0.497 e. The molecule has 0 atom stereocenters. The number of hydrazone groups is 1. The Kier molecular flexibility index (Phi) is 4.43. The van der Waals surface area contributed by atoms with Crippen LogP contribution in [-0.4, -0.2) is 24.2 Å². The highest BCUT2D eigenvalue weighted by Gasteiger charge is 2.05. The van der Waals surface area contributed by atoms with Gasteiger partial charge in [0.2, 0.25) is 0 Å². The Bertz CT molecular complexity index is 869. The molecule has 3 rings (SSSR count). The molecule has 0 saturated heterocycles. The molecule has 0 aliphatic rings. The number of methoxy groups -OCH3 is 1. The van der Waals surface area contributed by atoms with Crippen molar-refractivity contribution >= 4 is 39.0 Å². The Morgan fingerprint density at radius 3 is 2.78 bits per heavy atom. The molecule has 1 amide bonds. The first-order valence-electron chi connectivity index (χ1n) is 6.91. The minimum absolute atomic E-state index is 0.258. The zero-order valence-corrected chi connectivity index (χ0v) is 13.9. The van der Waals surface area contributed by atoms with Gasteiger partial charge in [-0.15, -0.1) is 0 Å². The van der Waals surface area contributed by atoms with Crippen LogP contribution in [0.15, 0.2) is 58.2 Å². The maximum Gasteiger partial charge on any atom is 0.271 e. The topological polar surface area (TPSA) is 66.5 Å². The van der Waals surface area contributed by atoms with Crippen LogP contribution < -0.4 is 10.2 Å². The van der Waals surface area contributed by atoms with Gasteiger partial charge in [-0.05, 0) is 42.5 Å². The van der Waals surface area contributed by atoms with Gasteiger partial charge in [-0.1, -0.05) is 15.9 Å². The summed E-state index contributed by atoms with van der Waals surface area (Å²) in [5.41, 5.74) is 4.92. The number of carbonyl (C=O) groups is 1. The van der Waals surface area contributed by atoms with Crippen molar-refractivity contribution in [2.45, 2.75) is 0 Å². The van der Waals surface area contributed by atoms with Crippen molar-refractivity contribution in [3.8, 4) is 5.75 Å². The number of ether oxygens (including phenoxy) is 1. The molecule has 0 saturated carbocycles. The summed E-state index contributed by atoms with van der Waals surface area (Å²) >= 11 is 3.33. The Morgan fingerprint density at radius 1 is 1.26 bits per heavy atom. The van der Waals surface area contributed by atoms with E-state index >= 15 is 0 Å². The van der Waals surface area contributed by atoms with Crippen LogP contribution in [0.1, 0.15) is 15.9 Å². The molecule has 116 valence electrons. The minimum atomic E-state index is -0.258. The fourth-order valence-electron chi connectivity index (χ4n) is 2.18. The molecular weight excluding hydrogens is 358 g/mol. The number of H-pyrrole nitrogens is 1. The molecule has 0 aliphatic carbocycles. The summed E-state index contributed by atoms with van der Waals surface area (Å²) in [7, 11) is 1.63. The standard InChI is InChI=1S/C17H14BrN3O2/c1-23-14-6-7-16-15(8-14)12(9-19-16)10-20-21-17(22)11-2-4-13(18)5-3-11/h2-10,19H,1H3,(H,21,22). The van der Waals surface area contributed by atoms with Crippen molar-refractivity contribution in [2.75, 3.05) is 7.11 Å². The number of aromatic nitrogens is 1. The van der Waals surface area contributed by atoms with Gasteiger partial charge in [0.1, 0.15) is 5.75 Å². The van der Waals surface area contributed by atoms with Crippen molar-refractivity contribution in [1.82, 2.24) is 10.4 Å². The number of aromatic amines is 1. The van der Waals surface area contributed by atoms with E-state index in [4.69, 9.17) is 4.74 Å². The smallest absolute Gasteiger partial charge is 0.271 e. The van der Waals surface area contributed by atoms with Crippen molar-refractivity contribution in [3.63, 3.8) is 0 Å². The van der Waals surface area contributed by atoms with Gasteiger partial charge in [0.25, 0.3) is 5.91 Å². The van der Waals surface area contributed by atoms with Gasteiger partial charge in [-0.2, -0.15) is 5.10 Å². The molecule has 23 heavy (non-hydrogen) atoms. The molecule has 1 heterocycles. The number of benzene rings is 2. The molecule has 5 nitrogen and oxygen atoms in total. The molecular formula is C17H14BrN3O2. The fraction of sp³-hybridized carbons (Fsp3) is 0.0588. The number of amides is 1. The second kappa shape index (κ2) is 6.66. The van der Waals surface area contributed by atoms with Crippen LogP contribution in [0.25, 0.3) is 10.9 Å². The quantitative estimate of drug-likeness (QED) is 0.542. The van der Waals surface area contributed by atoms with Crippen LogP contribution in [0.2, 0.25) is 0 Å². The lowest BCUT2D eigenvalue weighted by Crippen LogP contribution is -2.17. The highest BCUT2D eigenvalue weighted by atomic mass is 79.9. The van der Waals surface area contributed by atoms with Gasteiger partial charge in [0, 0.05) is 32.7 Å². The molecule has 3 aromatic rings. The summed E-state index contributed by atoms with van der Waals surface area (Å²) in [6, 6.07) is 12.8. The first kappa shape index (κ1) is 15.3. The lowest BCUT2D eigenvalue weighted by Gasteiger charge is -2.00. The maximum absolute atomic E-state index is 12.0. The van der Waals surface area contributed by atoms with Crippen molar-refractivity contribution < 1.29 is 9.53 Å². The molecule has 0 bridgehead atoms. The third-order valence-corrected chi connectivity index (χ3v) is 3.93. The Hall–Kier alpha value is -2.60. The summed E-state index contributed by atoms with van der Waals surface area (Å²) in [4.78, 5) is 15.1. The Morgan fingerprint density at radius 2 is 2.04 bits per heavy atom. The van der Waals surface area contributed by atoms with Gasteiger partial charge >= 0.3 is 0 Å². The highest BCUT2D eigenvalue weighted by molar-refractivity contribution is 9.10. The maximum atomic E-state index is 12.0. The second-order valence-electron chi connectivity index (χ2n) is 4.86. The molecule has 0 aliphatic heterocycles. The highest BCUT2D eigenvalue weighted by Crippen LogP contribution is 2.22. The zero-order chi connectivity index (χ0) is 16.2. The summed E-state index contributed by atoms with van der Waals surface area (Å²) in [5, 5.41) is 5.00. The minimum Gasteiger partial charge on any atom is -0.497 e. The number of nitrogens with one attached hydrogen (secondary N) is 2. The monoisotopic (exact) mass is 371 g/mol. The van der Waals surface area contributed by atoms with E-state index in [1.807, 2.05) is 36.5 Å². The van der Waals surface area contributed by atoms with E-state index in [9.17, 15) is 4.79 Å². The van der Waals surface area contributed by atoms with E-state index in [-0.39, 0.29) is 5.91 Å². The van der Waals surface area contributed by atoms with E-state index in [0.29, 0.717) is 5.56 Å². The summed E-state index contributed by atoms with van der Waals surface area (Å²) in [6.45, 7) is 0. The summed E-state index contributed by atoms with van der Waals surface area (Å²) in [5.74, 6) is 0.511. The molecule has 0 unspecified atom stereocenters. The van der Waals surface area contributed by atoms with E-state index in [1.165, 1.54) is 0 Å². The summed E-state index contributed by atoms with van der Waals surface area (Å²) in [6.07, 6.45) is 3.44. The zero-order valence-electron chi connectivity index (χ0n) is 12.3. The SMILES string of the molecule is COc1ccc2[nH]cc(C=NNC(=O)c3ccc(Br)cc3)c2c1. The molecule has 1 aromatic heterocycles. The van der Waals surface area contributed by atoms with Crippen molar-refractivity contribution in [2.24, 2.45) is 5.10 Å². The number of rotatable bonds is 4. The number of nitrogens with zero attached hydrogens (tertiary/aromatic N) is 1. The lowest BCUT2D eigenvalue weighted by molar-refractivity contribution is 0.0955. The number of carbonyl (C=O) groups excluding carboxylic acids is 1. The van der Waals surface area contributed by atoms with Crippen LogP contribution in [0, 0.1) is 0 Å². The lowest BCUT2D eigenvalue weighted by atomic mass is 10.2. The van der Waals surface area contributed by atoms with Crippen LogP contribution >= 0.6 is 15.9 Å². The first-order valence-corrected chi connectivity index (χ1v) is 7.71. The van der Waals surface area contributed by atoms with Crippen LogP contribution in [0.4, 0.5) is 0 Å². The Balaban J connectivity index is 1.75. The number of hydrogen-bond acceptors (Lipinski definition) is 3. The normalized spacial score (nSPS) is 11.0. The average molecular weight is 372 g/mol. The van der Waals surface area contributed by atoms with Gasteiger partial charge < -0.3 is 9.72 Å². The number of fused-ring (bicyclic) bond motifs is 1. The van der Waals surface area contributed by atoms with Gasteiger partial charge in [-0.3, -0.25) is 4.79 Å². The average Bonchev–Trinajstić information content (AvgIpc) is 2.97. The van der Waals surface area contributed by atoms with E-state index in [1.54, 1.807) is 25.5 Å². The van der Waals surface area contributed by atoms with Crippen LogP contribution in [0.5, 0.6) is 5.75 Å². The predicted octanol–water partition coefficient (Wildman–Crippen LogP) is 3.70. The molecule has 6 heteroatoms. The van der Waals surface area contributed by atoms with Gasteiger partial charge in [-0.25, -0.2) is 5.43 Å². The molecule has 2 N–H and O–H groups in total. The molecule has 2 aromatic carbocycles. The van der Waals surface area contributed by atoms with Crippen molar-refractivity contribution in [3.05, 3.63) is 64.3 Å². The molecule has 0 fully saturated rings. The van der Waals surface area contributed by atoms with E-state index in [0.717, 1.165) is 26.7 Å². The number of halogens is 1. The molecule has 0 radical (unpaired) electrons. The predicted molar refractivity (Wildman–Crippen MR) is 94.1 cm³/mol. The fourth-order valence-corrected chi connectivity index (χ4v) is 2.45. The van der Waals surface area contributed by atoms with E-state index in [2.05, 4.69) is 31.4 Å². The Labute approximate surface area is 141 Å². The molecule has 0 spiro atoms. The number of hydrogen-bond donors (Lipinski definition) is 2. The van der Waals surface area contributed by atoms with Crippen molar-refractivity contribution in [1.29, 1.82) is 0 Å². The first-order chi connectivity index (χ1) is 11.2. The second-order valence-corrected chi connectivity index (χ2v) is 5.78. The van der Waals surface area contributed by atoms with E-state index < -0.39 is 0 Å². The van der Waals surface area contributed by atoms with Gasteiger partial charge in [0.05, 0.1) is 13.3 Å². The van der Waals surface area contributed by atoms with Crippen LogP contribution in [0.3, 0.4) is 0 Å². The third-order valence-electron chi connectivity index (χ3n) is 3.40.